The van der Waals surface area contributed by atoms with Crippen molar-refractivity contribution >= 4 is 37.6 Å². The Hall–Kier alpha value is -2.51. The van der Waals surface area contributed by atoms with E-state index in [1.165, 1.54) is 0 Å². The van der Waals surface area contributed by atoms with Crippen LogP contribution >= 0.6 is 31.9 Å². The van der Waals surface area contributed by atoms with Gasteiger partial charge in [-0.1, -0.05) is 46.3 Å². The Morgan fingerprint density at radius 1 is 0.968 bits per heavy atom. The molecule has 0 aromatic heterocycles. The van der Waals surface area contributed by atoms with Gasteiger partial charge in [-0.25, -0.2) is 5.01 Å². The molecule has 0 radical (unpaired) electrons. The van der Waals surface area contributed by atoms with Gasteiger partial charge in [-0.3, -0.25) is 0 Å². The third-order valence-corrected chi connectivity index (χ3v) is 6.65. The molecule has 0 N–H and O–H groups in total. The van der Waals surface area contributed by atoms with Crippen molar-refractivity contribution < 1.29 is 14.2 Å². The van der Waals surface area contributed by atoms with Crippen LogP contribution in [0.5, 0.6) is 17.2 Å². The van der Waals surface area contributed by atoms with Gasteiger partial charge in [0.2, 0.25) is 6.23 Å². The Morgan fingerprint density at radius 3 is 2.48 bits per heavy atom. The summed E-state index contributed by atoms with van der Waals surface area (Å²) in [6, 6.07) is 20.3. The van der Waals surface area contributed by atoms with Crippen molar-refractivity contribution in [3.63, 3.8) is 0 Å². The Bertz CT molecular complexity index is 1170. The number of fused-ring (bicyclic) bond motifs is 3. The number of hydrogen-bond acceptors (Lipinski definition) is 5. The summed E-state index contributed by atoms with van der Waals surface area (Å²) in [6.45, 7) is 0. The van der Waals surface area contributed by atoms with Crippen LogP contribution in [0.25, 0.3) is 0 Å². The van der Waals surface area contributed by atoms with Crippen LogP contribution in [-0.4, -0.2) is 24.9 Å². The van der Waals surface area contributed by atoms with Crippen molar-refractivity contribution in [1.29, 1.82) is 0 Å². The molecule has 0 spiro atoms. The van der Waals surface area contributed by atoms with Crippen molar-refractivity contribution in [2.75, 3.05) is 14.2 Å². The summed E-state index contributed by atoms with van der Waals surface area (Å²) in [5.41, 5.74) is 4.22. The Balaban J connectivity index is 1.63. The van der Waals surface area contributed by atoms with E-state index in [0.29, 0.717) is 11.5 Å². The van der Waals surface area contributed by atoms with Gasteiger partial charge in [0, 0.05) is 22.0 Å². The maximum Gasteiger partial charge on any atom is 0.214 e. The zero-order chi connectivity index (χ0) is 21.5. The lowest BCUT2D eigenvalue weighted by Gasteiger charge is -2.38. The lowest BCUT2D eigenvalue weighted by atomic mass is 9.96. The van der Waals surface area contributed by atoms with E-state index in [-0.39, 0.29) is 6.04 Å². The fourth-order valence-electron chi connectivity index (χ4n) is 4.15. The van der Waals surface area contributed by atoms with Gasteiger partial charge < -0.3 is 14.2 Å². The summed E-state index contributed by atoms with van der Waals surface area (Å²) in [5, 5.41) is 7.08. The quantitative estimate of drug-likeness (QED) is 0.378. The highest BCUT2D eigenvalue weighted by Crippen LogP contribution is 2.51. The topological polar surface area (TPSA) is 43.3 Å². The molecule has 0 aliphatic carbocycles. The van der Waals surface area contributed by atoms with Gasteiger partial charge in [0.05, 0.1) is 30.4 Å². The van der Waals surface area contributed by atoms with Crippen LogP contribution in [0, 0.1) is 0 Å². The van der Waals surface area contributed by atoms with Gasteiger partial charge in [0.25, 0.3) is 0 Å². The highest BCUT2D eigenvalue weighted by molar-refractivity contribution is 9.11. The molecule has 7 heteroatoms. The molecule has 5 rings (SSSR count). The normalized spacial score (nSPS) is 19.2. The van der Waals surface area contributed by atoms with E-state index in [1.54, 1.807) is 14.2 Å². The molecule has 3 aromatic rings. The zero-order valence-electron chi connectivity index (χ0n) is 17.0. The number of benzene rings is 3. The highest BCUT2D eigenvalue weighted by atomic mass is 79.9. The summed E-state index contributed by atoms with van der Waals surface area (Å²) >= 11 is 7.31. The maximum absolute atomic E-state index is 6.53. The van der Waals surface area contributed by atoms with E-state index in [1.807, 2.05) is 42.5 Å². The van der Waals surface area contributed by atoms with Crippen LogP contribution in [0.3, 0.4) is 0 Å². The first-order valence-electron chi connectivity index (χ1n) is 9.88. The Morgan fingerprint density at radius 2 is 1.74 bits per heavy atom. The van der Waals surface area contributed by atoms with Crippen LogP contribution in [0.1, 0.15) is 35.4 Å². The van der Waals surface area contributed by atoms with Gasteiger partial charge in [-0.2, -0.15) is 5.10 Å². The second kappa shape index (κ2) is 8.20. The SMILES string of the molecule is COc1ccc([C@H]2Oc3c(Br)cc(Br)cc3[C@H]3CC(c4ccccc4)=NN32)cc1OC. The molecule has 31 heavy (non-hydrogen) atoms. The minimum Gasteiger partial charge on any atom is -0.493 e. The predicted molar refractivity (Wildman–Crippen MR) is 127 cm³/mol. The molecule has 2 aliphatic rings. The van der Waals surface area contributed by atoms with Crippen molar-refractivity contribution in [2.45, 2.75) is 18.7 Å². The second-order valence-corrected chi connectivity index (χ2v) is 9.17. The molecule has 5 nitrogen and oxygen atoms in total. The molecule has 2 atom stereocenters. The van der Waals surface area contributed by atoms with Gasteiger partial charge in [-0.15, -0.1) is 0 Å². The van der Waals surface area contributed by atoms with E-state index in [9.17, 15) is 0 Å². The van der Waals surface area contributed by atoms with E-state index in [2.05, 4.69) is 55.1 Å². The van der Waals surface area contributed by atoms with E-state index in [4.69, 9.17) is 19.3 Å². The molecule has 0 saturated heterocycles. The fourth-order valence-corrected chi connectivity index (χ4v) is 5.50. The number of hydrogen-bond donors (Lipinski definition) is 0. The molecule has 0 saturated carbocycles. The highest BCUT2D eigenvalue weighted by Gasteiger charge is 2.42. The van der Waals surface area contributed by atoms with Gasteiger partial charge >= 0.3 is 0 Å². The Kier molecular flexibility index (Phi) is 5.40. The van der Waals surface area contributed by atoms with Gasteiger partial charge in [0.1, 0.15) is 5.75 Å². The molecule has 0 amide bonds. The van der Waals surface area contributed by atoms with E-state index < -0.39 is 6.23 Å². The molecule has 3 aromatic carbocycles. The smallest absolute Gasteiger partial charge is 0.214 e. The van der Waals surface area contributed by atoms with Crippen molar-refractivity contribution in [1.82, 2.24) is 5.01 Å². The molecule has 0 unspecified atom stereocenters. The standard InChI is InChI=1S/C24H20Br2N2O3/c1-29-21-9-8-15(10-22(21)30-2)24-28-20(13-19(27-28)14-6-4-3-5-7-14)17-11-16(25)12-18(26)23(17)31-24/h3-12,20,24H,13H2,1-2H3/t20-,24-/m1/s1. The monoisotopic (exact) mass is 542 g/mol. The number of nitrogens with zero attached hydrogens (tertiary/aromatic N) is 2. The lowest BCUT2D eigenvalue weighted by Crippen LogP contribution is -2.34. The zero-order valence-corrected chi connectivity index (χ0v) is 20.2. The summed E-state index contributed by atoms with van der Waals surface area (Å²) in [6.07, 6.45) is 0.406. The molecular formula is C24H20Br2N2O3. The predicted octanol–water partition coefficient (Wildman–Crippen LogP) is 6.47. The fraction of sp³-hybridized carbons (Fsp3) is 0.208. The minimum absolute atomic E-state index is 0.0610. The maximum atomic E-state index is 6.53. The molecule has 0 bridgehead atoms. The Labute approximate surface area is 197 Å². The number of halogens is 2. The molecule has 158 valence electrons. The van der Waals surface area contributed by atoms with Crippen molar-refractivity contribution in [2.24, 2.45) is 5.10 Å². The summed E-state index contributed by atoms with van der Waals surface area (Å²) in [7, 11) is 3.27. The third-order valence-electron chi connectivity index (χ3n) is 5.61. The van der Waals surface area contributed by atoms with Crippen molar-refractivity contribution in [3.8, 4) is 17.2 Å². The minimum atomic E-state index is -0.393. The second-order valence-electron chi connectivity index (χ2n) is 7.40. The van der Waals surface area contributed by atoms with Crippen LogP contribution in [0.15, 0.2) is 74.7 Å². The first-order valence-corrected chi connectivity index (χ1v) is 11.5. The number of hydrazone groups is 1. The average Bonchev–Trinajstić information content (AvgIpc) is 3.25. The molecule has 2 aliphatic heterocycles. The lowest BCUT2D eigenvalue weighted by molar-refractivity contribution is -0.0198. The largest absolute Gasteiger partial charge is 0.493 e. The molecule has 2 heterocycles. The number of ether oxygens (including phenoxy) is 3. The number of methoxy groups -OCH3 is 2. The molecule has 0 fully saturated rings. The van der Waals surface area contributed by atoms with E-state index in [0.717, 1.165) is 43.5 Å². The number of rotatable bonds is 4. The van der Waals surface area contributed by atoms with Gasteiger partial charge in [-0.05, 0) is 51.8 Å². The average molecular weight is 544 g/mol. The van der Waals surface area contributed by atoms with Crippen LogP contribution in [-0.2, 0) is 0 Å². The molecular weight excluding hydrogens is 524 g/mol. The van der Waals surface area contributed by atoms with Crippen LogP contribution < -0.4 is 14.2 Å². The first kappa shape index (κ1) is 20.4. The third kappa shape index (κ3) is 3.59. The summed E-state index contributed by atoms with van der Waals surface area (Å²) in [4.78, 5) is 0. The van der Waals surface area contributed by atoms with Gasteiger partial charge in [0.15, 0.2) is 11.5 Å². The summed E-state index contributed by atoms with van der Waals surface area (Å²) in [5.74, 6) is 2.18. The van der Waals surface area contributed by atoms with Crippen LogP contribution in [0.4, 0.5) is 0 Å². The summed E-state index contributed by atoms with van der Waals surface area (Å²) < 4.78 is 19.4. The van der Waals surface area contributed by atoms with E-state index >= 15 is 0 Å². The van der Waals surface area contributed by atoms with Crippen molar-refractivity contribution in [3.05, 3.63) is 86.3 Å². The first-order chi connectivity index (χ1) is 15.1. The van der Waals surface area contributed by atoms with Crippen LogP contribution in [0.2, 0.25) is 0 Å².